The third-order valence-electron chi connectivity index (χ3n) is 4.81. The van der Waals surface area contributed by atoms with Crippen LogP contribution in [0.25, 0.3) is 0 Å². The third-order valence-corrected chi connectivity index (χ3v) is 4.81. The van der Waals surface area contributed by atoms with E-state index in [2.05, 4.69) is 29.2 Å². The molecular formula is C22H20N2O. The predicted molar refractivity (Wildman–Crippen MR) is 100 cm³/mol. The van der Waals surface area contributed by atoms with E-state index in [1.165, 1.54) is 11.1 Å². The van der Waals surface area contributed by atoms with Gasteiger partial charge in [0.2, 0.25) is 0 Å². The summed E-state index contributed by atoms with van der Waals surface area (Å²) in [5, 5.41) is 0. The number of carbonyl (C=O) groups excluding carboxylic acids is 1. The zero-order valence-electron chi connectivity index (χ0n) is 14.3. The van der Waals surface area contributed by atoms with Gasteiger partial charge in [-0.2, -0.15) is 0 Å². The van der Waals surface area contributed by atoms with Gasteiger partial charge in [-0.1, -0.05) is 54.6 Å². The number of pyridine rings is 1. The van der Waals surface area contributed by atoms with Crippen LogP contribution in [0.1, 0.15) is 32.7 Å². The van der Waals surface area contributed by atoms with Gasteiger partial charge in [-0.15, -0.1) is 0 Å². The molecule has 0 saturated carbocycles. The smallest absolute Gasteiger partial charge is 0.194 e. The van der Waals surface area contributed by atoms with Crippen LogP contribution in [0.4, 0.5) is 5.82 Å². The van der Waals surface area contributed by atoms with Gasteiger partial charge < -0.3 is 4.90 Å². The molecule has 0 atom stereocenters. The Hall–Kier alpha value is -2.94. The molecule has 0 saturated heterocycles. The minimum absolute atomic E-state index is 0.0288. The number of benzene rings is 2. The Kier molecular flexibility index (Phi) is 4.06. The average Bonchev–Trinajstić information content (AvgIpc) is 2.67. The first kappa shape index (κ1) is 15.6. The molecule has 0 bridgehead atoms. The fraction of sp³-hybridized carbons (Fsp3) is 0.182. The summed E-state index contributed by atoms with van der Waals surface area (Å²) in [4.78, 5) is 19.7. The molecule has 4 rings (SSSR count). The normalized spacial score (nSPS) is 13.4. The monoisotopic (exact) mass is 328 g/mol. The van der Waals surface area contributed by atoms with E-state index in [4.69, 9.17) is 4.98 Å². The summed E-state index contributed by atoms with van der Waals surface area (Å²) < 4.78 is 0. The van der Waals surface area contributed by atoms with E-state index in [0.29, 0.717) is 11.1 Å². The molecule has 3 heteroatoms. The number of carbonyl (C=O) groups is 1. The standard InChI is InChI=1S/C22H20N2O/c1-16-20(22(25)18-8-3-2-4-9-18)11-12-21(23-16)24-14-13-17-7-5-6-10-19(17)15-24/h2-12H,13-15H2,1H3. The molecule has 1 aliphatic rings. The number of hydrogen-bond donors (Lipinski definition) is 0. The summed E-state index contributed by atoms with van der Waals surface area (Å²) in [6.07, 6.45) is 1.03. The van der Waals surface area contributed by atoms with Gasteiger partial charge in [0, 0.05) is 24.2 Å². The molecule has 0 fully saturated rings. The minimum Gasteiger partial charge on any atom is -0.352 e. The maximum atomic E-state index is 12.7. The predicted octanol–water partition coefficient (Wildman–Crippen LogP) is 4.18. The lowest BCUT2D eigenvalue weighted by Gasteiger charge is -2.30. The number of aryl methyl sites for hydroxylation is 1. The fourth-order valence-corrected chi connectivity index (χ4v) is 3.40. The van der Waals surface area contributed by atoms with Crippen molar-refractivity contribution in [1.29, 1.82) is 0 Å². The Morgan fingerprint density at radius 1 is 0.920 bits per heavy atom. The lowest BCUT2D eigenvalue weighted by molar-refractivity contribution is 0.103. The molecule has 0 unspecified atom stereocenters. The highest BCUT2D eigenvalue weighted by molar-refractivity contribution is 6.09. The second kappa shape index (κ2) is 6.52. The van der Waals surface area contributed by atoms with E-state index < -0.39 is 0 Å². The second-order valence-corrected chi connectivity index (χ2v) is 6.44. The molecule has 0 radical (unpaired) electrons. The van der Waals surface area contributed by atoms with Gasteiger partial charge in [0.1, 0.15) is 5.82 Å². The van der Waals surface area contributed by atoms with E-state index in [-0.39, 0.29) is 5.78 Å². The summed E-state index contributed by atoms with van der Waals surface area (Å²) >= 11 is 0. The molecule has 1 aromatic heterocycles. The van der Waals surface area contributed by atoms with Crippen LogP contribution in [0.3, 0.4) is 0 Å². The molecular weight excluding hydrogens is 308 g/mol. The van der Waals surface area contributed by atoms with E-state index in [0.717, 1.165) is 31.0 Å². The van der Waals surface area contributed by atoms with Crippen molar-refractivity contribution in [1.82, 2.24) is 4.98 Å². The van der Waals surface area contributed by atoms with Crippen LogP contribution in [0.5, 0.6) is 0 Å². The number of fused-ring (bicyclic) bond motifs is 1. The van der Waals surface area contributed by atoms with Crippen molar-refractivity contribution in [2.45, 2.75) is 19.9 Å². The van der Waals surface area contributed by atoms with Crippen LogP contribution in [0.2, 0.25) is 0 Å². The maximum absolute atomic E-state index is 12.7. The first-order valence-electron chi connectivity index (χ1n) is 8.61. The molecule has 3 nitrogen and oxygen atoms in total. The lowest BCUT2D eigenvalue weighted by Crippen LogP contribution is -2.31. The van der Waals surface area contributed by atoms with E-state index in [1.807, 2.05) is 49.4 Å². The van der Waals surface area contributed by atoms with Crippen LogP contribution in [0, 0.1) is 6.92 Å². The largest absolute Gasteiger partial charge is 0.352 e. The van der Waals surface area contributed by atoms with Gasteiger partial charge in [-0.25, -0.2) is 4.98 Å². The van der Waals surface area contributed by atoms with Crippen molar-refractivity contribution in [2.24, 2.45) is 0 Å². The zero-order chi connectivity index (χ0) is 17.2. The van der Waals surface area contributed by atoms with Gasteiger partial charge in [-0.3, -0.25) is 4.79 Å². The van der Waals surface area contributed by atoms with Gasteiger partial charge >= 0.3 is 0 Å². The first-order chi connectivity index (χ1) is 12.2. The highest BCUT2D eigenvalue weighted by atomic mass is 16.1. The molecule has 0 N–H and O–H groups in total. The zero-order valence-corrected chi connectivity index (χ0v) is 14.3. The summed E-state index contributed by atoms with van der Waals surface area (Å²) in [5.74, 6) is 0.970. The summed E-state index contributed by atoms with van der Waals surface area (Å²) in [5.41, 5.74) is 4.94. The van der Waals surface area contributed by atoms with Crippen LogP contribution in [0.15, 0.2) is 66.7 Å². The quantitative estimate of drug-likeness (QED) is 0.676. The number of hydrogen-bond acceptors (Lipinski definition) is 3. The summed E-state index contributed by atoms with van der Waals surface area (Å²) in [6, 6.07) is 21.8. The number of rotatable bonds is 3. The molecule has 0 aliphatic carbocycles. The van der Waals surface area contributed by atoms with Gasteiger partial charge in [0.15, 0.2) is 5.78 Å². The van der Waals surface area contributed by atoms with Crippen LogP contribution in [-0.4, -0.2) is 17.3 Å². The Morgan fingerprint density at radius 3 is 2.40 bits per heavy atom. The topological polar surface area (TPSA) is 33.2 Å². The highest BCUT2D eigenvalue weighted by Crippen LogP contribution is 2.24. The van der Waals surface area contributed by atoms with Crippen molar-refractivity contribution in [3.63, 3.8) is 0 Å². The molecule has 124 valence electrons. The van der Waals surface area contributed by atoms with Crippen molar-refractivity contribution >= 4 is 11.6 Å². The summed E-state index contributed by atoms with van der Waals surface area (Å²) in [7, 11) is 0. The number of nitrogens with zero attached hydrogens (tertiary/aromatic N) is 2. The number of ketones is 1. The van der Waals surface area contributed by atoms with Gasteiger partial charge in [0.25, 0.3) is 0 Å². The van der Waals surface area contributed by atoms with Crippen LogP contribution in [-0.2, 0) is 13.0 Å². The van der Waals surface area contributed by atoms with E-state index in [1.54, 1.807) is 0 Å². The fourth-order valence-electron chi connectivity index (χ4n) is 3.40. The Morgan fingerprint density at radius 2 is 1.64 bits per heavy atom. The Balaban J connectivity index is 1.60. The first-order valence-corrected chi connectivity index (χ1v) is 8.61. The lowest BCUT2D eigenvalue weighted by atomic mass is 9.99. The van der Waals surface area contributed by atoms with Crippen LogP contribution >= 0.6 is 0 Å². The van der Waals surface area contributed by atoms with Crippen LogP contribution < -0.4 is 4.90 Å². The summed E-state index contributed by atoms with van der Waals surface area (Å²) in [6.45, 7) is 3.74. The number of aromatic nitrogens is 1. The van der Waals surface area contributed by atoms with E-state index >= 15 is 0 Å². The molecule has 0 amide bonds. The molecule has 1 aliphatic heterocycles. The van der Waals surface area contributed by atoms with Crippen molar-refractivity contribution < 1.29 is 4.79 Å². The third kappa shape index (κ3) is 3.05. The molecule has 25 heavy (non-hydrogen) atoms. The van der Waals surface area contributed by atoms with Gasteiger partial charge in [-0.05, 0) is 36.6 Å². The number of anilines is 1. The maximum Gasteiger partial charge on any atom is 0.194 e. The van der Waals surface area contributed by atoms with E-state index in [9.17, 15) is 4.79 Å². The molecule has 2 heterocycles. The molecule has 0 spiro atoms. The van der Waals surface area contributed by atoms with Gasteiger partial charge in [0.05, 0.1) is 5.69 Å². The SMILES string of the molecule is Cc1nc(N2CCc3ccccc3C2)ccc1C(=O)c1ccccc1. The Bertz CT molecular complexity index is 918. The molecule has 3 aromatic rings. The Labute approximate surface area is 148 Å². The second-order valence-electron chi connectivity index (χ2n) is 6.44. The average molecular weight is 328 g/mol. The van der Waals surface area contributed by atoms with Crippen molar-refractivity contribution in [3.05, 3.63) is 94.7 Å². The molecule has 2 aromatic carbocycles. The van der Waals surface area contributed by atoms with Crippen molar-refractivity contribution in [2.75, 3.05) is 11.4 Å². The van der Waals surface area contributed by atoms with Crippen molar-refractivity contribution in [3.8, 4) is 0 Å². The minimum atomic E-state index is 0.0288. The highest BCUT2D eigenvalue weighted by Gasteiger charge is 2.19.